The van der Waals surface area contributed by atoms with Crippen molar-refractivity contribution in [2.45, 2.75) is 24.6 Å². The van der Waals surface area contributed by atoms with Crippen LogP contribution in [0.1, 0.15) is 18.7 Å². The first-order valence-corrected chi connectivity index (χ1v) is 6.02. The van der Waals surface area contributed by atoms with Gasteiger partial charge in [-0.1, -0.05) is 0 Å². The van der Waals surface area contributed by atoms with Gasteiger partial charge in [0.05, 0.1) is 0 Å². The van der Waals surface area contributed by atoms with Gasteiger partial charge in [0.25, 0.3) is 0 Å². The molecule has 1 aliphatic rings. The van der Waals surface area contributed by atoms with Gasteiger partial charge in [0, 0.05) is 44.3 Å². The minimum Gasteiger partial charge on any atom is -0.338 e. The summed E-state index contributed by atoms with van der Waals surface area (Å²) in [6.07, 6.45) is 7.41. The monoisotopic (exact) mass is 227 g/mol. The maximum atomic E-state index is 6.19. The number of alkyl halides is 1. The van der Waals surface area contributed by atoms with Gasteiger partial charge in [-0.3, -0.25) is 0 Å². The quantitative estimate of drug-likeness (QED) is 0.591. The number of halogens is 1. The summed E-state index contributed by atoms with van der Waals surface area (Å²) in [6.45, 7) is 1.89. The van der Waals surface area contributed by atoms with Gasteiger partial charge in [0.15, 0.2) is 0 Å². The van der Waals surface area contributed by atoms with Crippen molar-refractivity contribution in [1.29, 1.82) is 0 Å². The van der Waals surface area contributed by atoms with Crippen molar-refractivity contribution < 1.29 is 0 Å². The van der Waals surface area contributed by atoms with Crippen LogP contribution in [0.5, 0.6) is 0 Å². The van der Waals surface area contributed by atoms with Crippen molar-refractivity contribution >= 4 is 11.6 Å². The van der Waals surface area contributed by atoms with Crippen LogP contribution in [0.2, 0.25) is 0 Å². The standard InChI is InChI=1S/C11H18ClN3/c1-15-7-6-14-11(15)4-5-13-8-10(12)9-2-3-9/h6-7,9-10,13H,2-5,8H2,1H3. The van der Waals surface area contributed by atoms with Crippen LogP contribution in [-0.2, 0) is 13.5 Å². The first-order valence-electron chi connectivity index (χ1n) is 5.58. The zero-order valence-corrected chi connectivity index (χ0v) is 9.87. The molecule has 1 unspecified atom stereocenters. The van der Waals surface area contributed by atoms with Crippen LogP contribution in [0.25, 0.3) is 0 Å². The van der Waals surface area contributed by atoms with Gasteiger partial charge in [-0.15, -0.1) is 11.6 Å². The van der Waals surface area contributed by atoms with E-state index in [2.05, 4.69) is 14.9 Å². The molecule has 84 valence electrons. The van der Waals surface area contributed by atoms with E-state index >= 15 is 0 Å². The number of hydrogen-bond acceptors (Lipinski definition) is 2. The van der Waals surface area contributed by atoms with Crippen molar-refractivity contribution in [1.82, 2.24) is 14.9 Å². The normalized spacial score (nSPS) is 18.0. The Morgan fingerprint density at radius 3 is 3.07 bits per heavy atom. The molecule has 1 saturated carbocycles. The summed E-state index contributed by atoms with van der Waals surface area (Å²) < 4.78 is 2.06. The highest BCUT2D eigenvalue weighted by Crippen LogP contribution is 2.35. The fraction of sp³-hybridized carbons (Fsp3) is 0.727. The Morgan fingerprint density at radius 1 is 1.67 bits per heavy atom. The Labute approximate surface area is 95.8 Å². The van der Waals surface area contributed by atoms with Crippen molar-refractivity contribution in [2.24, 2.45) is 13.0 Å². The molecule has 1 atom stereocenters. The highest BCUT2D eigenvalue weighted by Gasteiger charge is 2.28. The largest absolute Gasteiger partial charge is 0.338 e. The molecule has 1 heterocycles. The fourth-order valence-electron chi connectivity index (χ4n) is 1.70. The predicted molar refractivity (Wildman–Crippen MR) is 62.1 cm³/mol. The Balaban J connectivity index is 1.60. The van der Waals surface area contributed by atoms with E-state index in [-0.39, 0.29) is 0 Å². The van der Waals surface area contributed by atoms with Crippen LogP contribution in [0.15, 0.2) is 12.4 Å². The third kappa shape index (κ3) is 3.21. The Kier molecular flexibility index (Phi) is 3.65. The second kappa shape index (κ2) is 4.99. The van der Waals surface area contributed by atoms with Crippen LogP contribution < -0.4 is 5.32 Å². The highest BCUT2D eigenvalue weighted by atomic mass is 35.5. The molecule has 0 saturated heterocycles. The molecule has 0 bridgehead atoms. The van der Waals surface area contributed by atoms with Crippen molar-refractivity contribution in [3.8, 4) is 0 Å². The van der Waals surface area contributed by atoms with Crippen LogP contribution in [0.3, 0.4) is 0 Å². The summed E-state index contributed by atoms with van der Waals surface area (Å²) in [7, 11) is 2.02. The fourth-order valence-corrected chi connectivity index (χ4v) is 2.06. The SMILES string of the molecule is Cn1ccnc1CCNCC(Cl)C1CC1. The van der Waals surface area contributed by atoms with Crippen LogP contribution >= 0.6 is 11.6 Å². The maximum Gasteiger partial charge on any atom is 0.109 e. The number of rotatable bonds is 6. The van der Waals surface area contributed by atoms with Gasteiger partial charge < -0.3 is 9.88 Å². The van der Waals surface area contributed by atoms with E-state index in [9.17, 15) is 0 Å². The van der Waals surface area contributed by atoms with E-state index in [0.29, 0.717) is 5.38 Å². The molecule has 1 aromatic heterocycles. The van der Waals surface area contributed by atoms with E-state index in [0.717, 1.165) is 31.3 Å². The van der Waals surface area contributed by atoms with E-state index in [1.807, 2.05) is 19.4 Å². The van der Waals surface area contributed by atoms with Crippen LogP contribution in [-0.4, -0.2) is 28.0 Å². The van der Waals surface area contributed by atoms with E-state index < -0.39 is 0 Å². The van der Waals surface area contributed by atoms with Crippen LogP contribution in [0, 0.1) is 5.92 Å². The lowest BCUT2D eigenvalue weighted by atomic mass is 10.3. The number of imidazole rings is 1. The van der Waals surface area contributed by atoms with Gasteiger partial charge in [-0.25, -0.2) is 4.98 Å². The lowest BCUT2D eigenvalue weighted by Crippen LogP contribution is -2.27. The molecule has 0 aromatic carbocycles. The van der Waals surface area contributed by atoms with Crippen molar-refractivity contribution in [2.75, 3.05) is 13.1 Å². The number of nitrogens with zero attached hydrogens (tertiary/aromatic N) is 2. The van der Waals surface area contributed by atoms with Gasteiger partial charge in [0.2, 0.25) is 0 Å². The third-order valence-corrected chi connectivity index (χ3v) is 3.43. The lowest BCUT2D eigenvalue weighted by Gasteiger charge is -2.09. The van der Waals surface area contributed by atoms with Crippen molar-refractivity contribution in [3.05, 3.63) is 18.2 Å². The van der Waals surface area contributed by atoms with E-state index in [1.165, 1.54) is 12.8 Å². The minimum atomic E-state index is 0.325. The lowest BCUT2D eigenvalue weighted by molar-refractivity contribution is 0.606. The zero-order valence-electron chi connectivity index (χ0n) is 9.12. The molecular weight excluding hydrogens is 210 g/mol. The third-order valence-electron chi connectivity index (χ3n) is 2.92. The average molecular weight is 228 g/mol. The van der Waals surface area contributed by atoms with Crippen molar-refractivity contribution in [3.63, 3.8) is 0 Å². The molecule has 0 radical (unpaired) electrons. The zero-order chi connectivity index (χ0) is 10.7. The summed E-state index contributed by atoms with van der Waals surface area (Å²) >= 11 is 6.19. The van der Waals surface area contributed by atoms with Gasteiger partial charge in [-0.05, 0) is 18.8 Å². The van der Waals surface area contributed by atoms with E-state index in [1.54, 1.807) is 0 Å². The molecule has 1 fully saturated rings. The highest BCUT2D eigenvalue weighted by molar-refractivity contribution is 6.21. The average Bonchev–Trinajstić information content (AvgIpc) is 2.99. The predicted octanol–water partition coefficient (Wildman–Crippen LogP) is 1.57. The summed E-state index contributed by atoms with van der Waals surface area (Å²) in [5.41, 5.74) is 0. The topological polar surface area (TPSA) is 29.9 Å². The second-order valence-electron chi connectivity index (χ2n) is 4.26. The molecular formula is C11H18ClN3. The molecule has 1 aliphatic carbocycles. The second-order valence-corrected chi connectivity index (χ2v) is 4.82. The minimum absolute atomic E-state index is 0.325. The summed E-state index contributed by atoms with van der Waals surface area (Å²) in [6, 6.07) is 0. The van der Waals surface area contributed by atoms with Gasteiger partial charge in [-0.2, -0.15) is 0 Å². The summed E-state index contributed by atoms with van der Waals surface area (Å²) in [5, 5.41) is 3.71. The number of aromatic nitrogens is 2. The summed E-state index contributed by atoms with van der Waals surface area (Å²) in [5.74, 6) is 1.90. The number of hydrogen-bond donors (Lipinski definition) is 1. The first kappa shape index (κ1) is 11.0. The molecule has 0 spiro atoms. The summed E-state index contributed by atoms with van der Waals surface area (Å²) in [4.78, 5) is 4.27. The molecule has 1 aromatic rings. The molecule has 0 aliphatic heterocycles. The van der Waals surface area contributed by atoms with Crippen LogP contribution in [0.4, 0.5) is 0 Å². The van der Waals surface area contributed by atoms with Gasteiger partial charge >= 0.3 is 0 Å². The smallest absolute Gasteiger partial charge is 0.109 e. The molecule has 15 heavy (non-hydrogen) atoms. The number of nitrogens with one attached hydrogen (secondary N) is 1. The maximum absolute atomic E-state index is 6.19. The Hall–Kier alpha value is -0.540. The number of aryl methyl sites for hydroxylation is 1. The molecule has 4 heteroatoms. The molecule has 2 rings (SSSR count). The molecule has 1 N–H and O–H groups in total. The Morgan fingerprint density at radius 2 is 2.47 bits per heavy atom. The van der Waals surface area contributed by atoms with Gasteiger partial charge in [0.1, 0.15) is 5.82 Å². The van der Waals surface area contributed by atoms with E-state index in [4.69, 9.17) is 11.6 Å². The Bertz CT molecular complexity index is 307. The molecule has 3 nitrogen and oxygen atoms in total. The molecule has 0 amide bonds. The first-order chi connectivity index (χ1) is 7.27.